The highest BCUT2D eigenvalue weighted by atomic mass is 35.5. The summed E-state index contributed by atoms with van der Waals surface area (Å²) in [6, 6.07) is 17.5. The van der Waals surface area contributed by atoms with E-state index < -0.39 is 0 Å². The minimum atomic E-state index is 0.410. The van der Waals surface area contributed by atoms with Gasteiger partial charge in [0.05, 0.1) is 16.6 Å². The second kappa shape index (κ2) is 6.79. The van der Waals surface area contributed by atoms with Crippen molar-refractivity contribution in [3.8, 4) is 17.4 Å². The highest BCUT2D eigenvalue weighted by molar-refractivity contribution is 6.30. The lowest BCUT2D eigenvalue weighted by Gasteiger charge is -2.02. The summed E-state index contributed by atoms with van der Waals surface area (Å²) in [4.78, 5) is 7.71. The number of furan rings is 1. The van der Waals surface area contributed by atoms with Crippen molar-refractivity contribution in [1.82, 2.24) is 9.97 Å². The summed E-state index contributed by atoms with van der Waals surface area (Å²) in [5.41, 5.74) is 5.27. The Bertz CT molecular complexity index is 1220. The molecule has 2 aromatic heterocycles. The van der Waals surface area contributed by atoms with Crippen molar-refractivity contribution in [2.24, 2.45) is 0 Å². The molecule has 5 heteroatoms. The van der Waals surface area contributed by atoms with Gasteiger partial charge in [0, 0.05) is 16.7 Å². The van der Waals surface area contributed by atoms with E-state index in [4.69, 9.17) is 16.0 Å². The monoisotopic (exact) mass is 373 g/mol. The van der Waals surface area contributed by atoms with Gasteiger partial charge in [-0.25, -0.2) is 4.98 Å². The average Bonchev–Trinajstić information content (AvgIpc) is 3.28. The third-order valence-corrected chi connectivity index (χ3v) is 4.63. The molecule has 0 radical (unpaired) electrons. The smallest absolute Gasteiger partial charge is 0.149 e. The molecule has 132 valence electrons. The lowest BCUT2D eigenvalue weighted by molar-refractivity contribution is 0.571. The van der Waals surface area contributed by atoms with E-state index in [0.717, 1.165) is 27.7 Å². The topological polar surface area (TPSA) is 65.6 Å². The molecule has 2 heterocycles. The molecule has 0 amide bonds. The van der Waals surface area contributed by atoms with Gasteiger partial charge in [-0.3, -0.25) is 0 Å². The van der Waals surface area contributed by atoms with Gasteiger partial charge in [0.25, 0.3) is 0 Å². The van der Waals surface area contributed by atoms with Crippen LogP contribution in [-0.2, 0) is 0 Å². The number of H-pyrrole nitrogens is 1. The minimum Gasteiger partial charge on any atom is -0.457 e. The summed E-state index contributed by atoms with van der Waals surface area (Å²) in [5.74, 6) is 1.81. The van der Waals surface area contributed by atoms with E-state index in [2.05, 4.69) is 16.0 Å². The van der Waals surface area contributed by atoms with Gasteiger partial charge in [0.1, 0.15) is 23.4 Å². The van der Waals surface area contributed by atoms with E-state index in [1.807, 2.05) is 62.4 Å². The van der Waals surface area contributed by atoms with E-state index >= 15 is 0 Å². The Morgan fingerprint density at radius 1 is 1.15 bits per heavy atom. The Morgan fingerprint density at radius 3 is 2.81 bits per heavy atom. The number of fused-ring (bicyclic) bond motifs is 1. The Kier molecular flexibility index (Phi) is 4.31. The first kappa shape index (κ1) is 17.1. The normalized spacial score (nSPS) is 11.7. The Labute approximate surface area is 161 Å². The Balaban J connectivity index is 1.72. The molecule has 0 bridgehead atoms. The predicted octanol–water partition coefficient (Wildman–Crippen LogP) is 6.16. The number of hydrogen-bond donors (Lipinski definition) is 1. The van der Waals surface area contributed by atoms with Gasteiger partial charge in [-0.2, -0.15) is 5.26 Å². The van der Waals surface area contributed by atoms with Crippen LogP contribution >= 0.6 is 11.6 Å². The molecule has 0 saturated heterocycles. The number of aryl methyl sites for hydroxylation is 2. The number of allylic oxidation sites excluding steroid dienone is 1. The second-order valence-corrected chi connectivity index (χ2v) is 6.87. The zero-order valence-electron chi connectivity index (χ0n) is 14.9. The second-order valence-electron chi connectivity index (χ2n) is 6.44. The van der Waals surface area contributed by atoms with Crippen LogP contribution in [0.15, 0.2) is 52.9 Å². The van der Waals surface area contributed by atoms with Crippen LogP contribution in [0, 0.1) is 25.2 Å². The van der Waals surface area contributed by atoms with E-state index in [9.17, 15) is 5.26 Å². The van der Waals surface area contributed by atoms with Gasteiger partial charge in [0.15, 0.2) is 0 Å². The fourth-order valence-electron chi connectivity index (χ4n) is 2.98. The summed E-state index contributed by atoms with van der Waals surface area (Å²) >= 11 is 6.10. The minimum absolute atomic E-state index is 0.410. The maximum absolute atomic E-state index is 9.59. The molecule has 4 aromatic rings. The van der Waals surface area contributed by atoms with E-state index in [0.29, 0.717) is 27.9 Å². The maximum Gasteiger partial charge on any atom is 0.149 e. The third kappa shape index (κ3) is 3.38. The first-order valence-electron chi connectivity index (χ1n) is 8.48. The van der Waals surface area contributed by atoms with Crippen molar-refractivity contribution >= 4 is 34.3 Å². The molecule has 1 N–H and O–H groups in total. The number of hydrogen-bond acceptors (Lipinski definition) is 3. The molecule has 0 aliphatic heterocycles. The van der Waals surface area contributed by atoms with Crippen molar-refractivity contribution in [2.45, 2.75) is 13.8 Å². The molecule has 0 spiro atoms. The molecule has 0 saturated carbocycles. The molecule has 0 fully saturated rings. The fourth-order valence-corrected chi connectivity index (χ4v) is 3.15. The Hall–Kier alpha value is -3.29. The van der Waals surface area contributed by atoms with Gasteiger partial charge in [-0.1, -0.05) is 23.7 Å². The van der Waals surface area contributed by atoms with Crippen LogP contribution in [0.4, 0.5) is 0 Å². The molecule has 0 unspecified atom stereocenters. The van der Waals surface area contributed by atoms with Crippen LogP contribution < -0.4 is 0 Å². The number of halogens is 1. The number of nitrogens with one attached hydrogen (secondary N) is 1. The lowest BCUT2D eigenvalue weighted by Crippen LogP contribution is -1.84. The standard InChI is InChI=1S/C22H16ClN3O/c1-13-3-7-19-20(9-13)26-22(25-19)15(12-24)10-17-6-8-21(27-17)18-11-16(23)5-4-14(18)2/h3-11H,1-2H3,(H,25,26)/b15-10+. The zero-order chi connectivity index (χ0) is 19.0. The molecule has 2 aromatic carbocycles. The zero-order valence-corrected chi connectivity index (χ0v) is 15.6. The first-order chi connectivity index (χ1) is 13.0. The van der Waals surface area contributed by atoms with Crippen molar-refractivity contribution in [3.05, 3.63) is 76.3 Å². The van der Waals surface area contributed by atoms with Crippen molar-refractivity contribution in [2.75, 3.05) is 0 Å². The maximum atomic E-state index is 9.59. The van der Waals surface area contributed by atoms with Gasteiger partial charge < -0.3 is 9.40 Å². The van der Waals surface area contributed by atoms with Gasteiger partial charge >= 0.3 is 0 Å². The van der Waals surface area contributed by atoms with E-state index in [-0.39, 0.29) is 0 Å². The van der Waals surface area contributed by atoms with Gasteiger partial charge in [-0.05, 0) is 61.4 Å². The van der Waals surface area contributed by atoms with Crippen molar-refractivity contribution in [1.29, 1.82) is 5.26 Å². The summed E-state index contributed by atoms with van der Waals surface area (Å²) < 4.78 is 5.92. The average molecular weight is 374 g/mol. The van der Waals surface area contributed by atoms with Crippen LogP contribution in [0.2, 0.25) is 5.02 Å². The number of aromatic amines is 1. The largest absolute Gasteiger partial charge is 0.457 e. The molecular formula is C22H16ClN3O. The predicted molar refractivity (Wildman–Crippen MR) is 108 cm³/mol. The quantitative estimate of drug-likeness (QED) is 0.437. The van der Waals surface area contributed by atoms with Crippen LogP contribution in [0.25, 0.3) is 34.0 Å². The Morgan fingerprint density at radius 2 is 2.00 bits per heavy atom. The summed E-state index contributed by atoms with van der Waals surface area (Å²) in [7, 11) is 0. The van der Waals surface area contributed by atoms with Gasteiger partial charge in [-0.15, -0.1) is 0 Å². The van der Waals surface area contributed by atoms with Crippen LogP contribution in [0.3, 0.4) is 0 Å². The summed E-state index contributed by atoms with van der Waals surface area (Å²) in [5, 5.41) is 10.2. The highest BCUT2D eigenvalue weighted by Gasteiger charge is 2.11. The van der Waals surface area contributed by atoms with E-state index in [1.54, 1.807) is 6.08 Å². The molecule has 27 heavy (non-hydrogen) atoms. The number of rotatable bonds is 3. The highest BCUT2D eigenvalue weighted by Crippen LogP contribution is 2.29. The third-order valence-electron chi connectivity index (χ3n) is 4.39. The number of nitriles is 1. The fraction of sp³-hybridized carbons (Fsp3) is 0.0909. The van der Waals surface area contributed by atoms with Crippen LogP contribution in [0.5, 0.6) is 0 Å². The molecule has 0 atom stereocenters. The van der Waals surface area contributed by atoms with Crippen LogP contribution in [-0.4, -0.2) is 9.97 Å². The molecule has 4 nitrogen and oxygen atoms in total. The molecule has 0 aliphatic rings. The van der Waals surface area contributed by atoms with E-state index in [1.165, 1.54) is 0 Å². The first-order valence-corrected chi connectivity index (χ1v) is 8.86. The van der Waals surface area contributed by atoms with Crippen LogP contribution in [0.1, 0.15) is 22.7 Å². The summed E-state index contributed by atoms with van der Waals surface area (Å²) in [6.07, 6.45) is 1.69. The molecular weight excluding hydrogens is 358 g/mol. The lowest BCUT2D eigenvalue weighted by atomic mass is 10.1. The number of nitrogens with zero attached hydrogens (tertiary/aromatic N) is 2. The number of aromatic nitrogens is 2. The van der Waals surface area contributed by atoms with Crippen molar-refractivity contribution in [3.63, 3.8) is 0 Å². The molecule has 0 aliphatic carbocycles. The molecule has 4 rings (SSSR count). The van der Waals surface area contributed by atoms with Crippen molar-refractivity contribution < 1.29 is 4.42 Å². The summed E-state index contributed by atoms with van der Waals surface area (Å²) in [6.45, 7) is 4.02. The van der Waals surface area contributed by atoms with Gasteiger partial charge in [0.2, 0.25) is 0 Å². The number of benzene rings is 2. The SMILES string of the molecule is Cc1ccc2nc(/C(C#N)=C/c3ccc(-c4cc(Cl)ccc4C)o3)[nH]c2c1. The number of imidazole rings is 1.